The normalized spacial score (nSPS) is 10.3. The topological polar surface area (TPSA) is 59.6 Å². The van der Waals surface area contributed by atoms with E-state index in [0.29, 0.717) is 18.1 Å². The lowest BCUT2D eigenvalue weighted by molar-refractivity contribution is -0.121. The maximum absolute atomic E-state index is 11.6. The Morgan fingerprint density at radius 3 is 2.67 bits per heavy atom. The van der Waals surface area contributed by atoms with Gasteiger partial charge < -0.3 is 20.1 Å². The predicted octanol–water partition coefficient (Wildman–Crippen LogP) is 1.63. The molecule has 0 aliphatic rings. The van der Waals surface area contributed by atoms with Crippen LogP contribution in [0.2, 0.25) is 5.02 Å². The SMILES string of the molecule is COC(CNCC(=O)NCCc1cccc(Cl)c1)OC.Cl. The Kier molecular flexibility index (Phi) is 11.3. The molecule has 0 saturated carbocycles. The van der Waals surface area contributed by atoms with E-state index in [2.05, 4.69) is 10.6 Å². The van der Waals surface area contributed by atoms with Gasteiger partial charge in [0.15, 0.2) is 6.29 Å². The van der Waals surface area contributed by atoms with Gasteiger partial charge in [0.25, 0.3) is 0 Å². The summed E-state index contributed by atoms with van der Waals surface area (Å²) < 4.78 is 10.0. The molecule has 0 unspecified atom stereocenters. The molecule has 0 aliphatic carbocycles. The molecule has 0 spiro atoms. The van der Waals surface area contributed by atoms with E-state index in [1.54, 1.807) is 14.2 Å². The second-order valence-electron chi connectivity index (χ2n) is 4.26. The van der Waals surface area contributed by atoms with Crippen LogP contribution in [0.15, 0.2) is 24.3 Å². The Balaban J connectivity index is 0.00000400. The molecule has 2 N–H and O–H groups in total. The molecule has 1 aromatic carbocycles. The third-order valence-electron chi connectivity index (χ3n) is 2.75. The van der Waals surface area contributed by atoms with Crippen molar-refractivity contribution >= 4 is 29.9 Å². The fourth-order valence-corrected chi connectivity index (χ4v) is 1.88. The Morgan fingerprint density at radius 2 is 2.05 bits per heavy atom. The fourth-order valence-electron chi connectivity index (χ4n) is 1.67. The van der Waals surface area contributed by atoms with Gasteiger partial charge in [-0.15, -0.1) is 12.4 Å². The van der Waals surface area contributed by atoms with Gasteiger partial charge in [-0.1, -0.05) is 23.7 Å². The van der Waals surface area contributed by atoms with E-state index in [9.17, 15) is 4.79 Å². The lowest BCUT2D eigenvalue weighted by atomic mass is 10.1. The standard InChI is InChI=1S/C14H21ClN2O3.ClH/c1-19-14(20-2)10-16-9-13(18)17-7-6-11-4-3-5-12(15)8-11;/h3-5,8,14,16H,6-7,9-10H2,1-2H3,(H,17,18);1H. The minimum Gasteiger partial charge on any atom is -0.355 e. The van der Waals surface area contributed by atoms with Crippen molar-refractivity contribution in [3.8, 4) is 0 Å². The number of rotatable bonds is 9. The fraction of sp³-hybridized carbons (Fsp3) is 0.500. The highest BCUT2D eigenvalue weighted by Gasteiger charge is 2.06. The molecule has 7 heteroatoms. The van der Waals surface area contributed by atoms with Crippen LogP contribution in [0.1, 0.15) is 5.56 Å². The van der Waals surface area contributed by atoms with E-state index in [1.165, 1.54) is 0 Å². The number of hydrogen-bond acceptors (Lipinski definition) is 4. The van der Waals surface area contributed by atoms with E-state index in [0.717, 1.165) is 12.0 Å². The van der Waals surface area contributed by atoms with E-state index in [1.807, 2.05) is 24.3 Å². The number of carbonyl (C=O) groups excluding carboxylic acids is 1. The summed E-state index contributed by atoms with van der Waals surface area (Å²) in [6.07, 6.45) is 0.416. The van der Waals surface area contributed by atoms with Crippen molar-refractivity contribution < 1.29 is 14.3 Å². The first-order valence-corrected chi connectivity index (χ1v) is 6.81. The minimum atomic E-state index is -0.339. The van der Waals surface area contributed by atoms with E-state index in [-0.39, 0.29) is 31.1 Å². The zero-order valence-electron chi connectivity index (χ0n) is 12.2. The van der Waals surface area contributed by atoms with Crippen LogP contribution in [0, 0.1) is 0 Å². The molecule has 1 aromatic rings. The molecule has 0 fully saturated rings. The van der Waals surface area contributed by atoms with Crippen molar-refractivity contribution in [3.63, 3.8) is 0 Å². The van der Waals surface area contributed by atoms with Crippen molar-refractivity contribution in [1.82, 2.24) is 10.6 Å². The van der Waals surface area contributed by atoms with Gasteiger partial charge in [-0.25, -0.2) is 0 Å². The van der Waals surface area contributed by atoms with Crippen LogP contribution >= 0.6 is 24.0 Å². The number of halogens is 2. The van der Waals surface area contributed by atoms with Crippen LogP contribution in [-0.4, -0.2) is 46.1 Å². The van der Waals surface area contributed by atoms with Crippen LogP contribution < -0.4 is 10.6 Å². The van der Waals surface area contributed by atoms with Gasteiger partial charge in [-0.05, 0) is 24.1 Å². The van der Waals surface area contributed by atoms with Crippen molar-refractivity contribution in [2.45, 2.75) is 12.7 Å². The minimum absolute atomic E-state index is 0. The Bertz CT molecular complexity index is 415. The molecule has 1 rings (SSSR count). The monoisotopic (exact) mass is 336 g/mol. The summed E-state index contributed by atoms with van der Waals surface area (Å²) in [6.45, 7) is 1.28. The molecule has 0 aromatic heterocycles. The van der Waals surface area contributed by atoms with E-state index >= 15 is 0 Å². The summed E-state index contributed by atoms with van der Waals surface area (Å²) in [5.41, 5.74) is 1.10. The number of methoxy groups -OCH3 is 2. The number of carbonyl (C=O) groups is 1. The number of nitrogens with one attached hydrogen (secondary N) is 2. The maximum atomic E-state index is 11.6. The molecular weight excluding hydrogens is 315 g/mol. The zero-order chi connectivity index (χ0) is 14.8. The average molecular weight is 337 g/mol. The van der Waals surface area contributed by atoms with Crippen molar-refractivity contribution in [2.75, 3.05) is 33.9 Å². The Morgan fingerprint density at radius 1 is 1.33 bits per heavy atom. The lowest BCUT2D eigenvalue weighted by Gasteiger charge is -2.13. The van der Waals surface area contributed by atoms with Crippen LogP contribution in [0.4, 0.5) is 0 Å². The van der Waals surface area contributed by atoms with Gasteiger partial charge in [0, 0.05) is 32.3 Å². The average Bonchev–Trinajstić information content (AvgIpc) is 2.44. The first-order valence-electron chi connectivity index (χ1n) is 6.43. The zero-order valence-corrected chi connectivity index (χ0v) is 13.8. The first kappa shape index (κ1) is 20.1. The molecule has 0 atom stereocenters. The van der Waals surface area contributed by atoms with Crippen LogP contribution in [-0.2, 0) is 20.7 Å². The molecule has 0 heterocycles. The number of hydrogen-bond donors (Lipinski definition) is 2. The molecule has 120 valence electrons. The van der Waals surface area contributed by atoms with Crippen LogP contribution in [0.3, 0.4) is 0 Å². The van der Waals surface area contributed by atoms with Gasteiger partial charge in [-0.2, -0.15) is 0 Å². The van der Waals surface area contributed by atoms with Gasteiger partial charge in [0.2, 0.25) is 5.91 Å². The van der Waals surface area contributed by atoms with Crippen molar-refractivity contribution in [2.24, 2.45) is 0 Å². The molecule has 0 saturated heterocycles. The number of amides is 1. The highest BCUT2D eigenvalue weighted by Crippen LogP contribution is 2.10. The van der Waals surface area contributed by atoms with Gasteiger partial charge in [0.05, 0.1) is 6.54 Å². The smallest absolute Gasteiger partial charge is 0.233 e. The summed E-state index contributed by atoms with van der Waals surface area (Å²) in [4.78, 5) is 11.6. The van der Waals surface area contributed by atoms with Crippen molar-refractivity contribution in [3.05, 3.63) is 34.9 Å². The summed E-state index contributed by atoms with van der Waals surface area (Å²) in [7, 11) is 3.11. The second-order valence-corrected chi connectivity index (χ2v) is 4.70. The van der Waals surface area contributed by atoms with Crippen LogP contribution in [0.25, 0.3) is 0 Å². The number of benzene rings is 1. The Labute approximate surface area is 136 Å². The highest BCUT2D eigenvalue weighted by molar-refractivity contribution is 6.30. The van der Waals surface area contributed by atoms with Gasteiger partial charge in [-0.3, -0.25) is 4.79 Å². The summed E-state index contributed by atoms with van der Waals surface area (Å²) in [6, 6.07) is 7.61. The maximum Gasteiger partial charge on any atom is 0.233 e. The third-order valence-corrected chi connectivity index (χ3v) is 2.98. The molecular formula is C14H22Cl2N2O3. The quantitative estimate of drug-likeness (QED) is 0.673. The molecule has 0 aliphatic heterocycles. The summed E-state index contributed by atoms with van der Waals surface area (Å²) >= 11 is 5.89. The third kappa shape index (κ3) is 8.90. The Hall–Kier alpha value is -0.850. The predicted molar refractivity (Wildman–Crippen MR) is 86.1 cm³/mol. The largest absolute Gasteiger partial charge is 0.355 e. The first-order chi connectivity index (χ1) is 9.65. The molecule has 5 nitrogen and oxygen atoms in total. The van der Waals surface area contributed by atoms with E-state index < -0.39 is 0 Å². The lowest BCUT2D eigenvalue weighted by Crippen LogP contribution is -2.38. The summed E-state index contributed by atoms with van der Waals surface area (Å²) in [5, 5.41) is 6.50. The van der Waals surface area contributed by atoms with Crippen molar-refractivity contribution in [1.29, 1.82) is 0 Å². The summed E-state index contributed by atoms with van der Waals surface area (Å²) in [5.74, 6) is -0.0574. The molecule has 1 amide bonds. The molecule has 0 bridgehead atoms. The highest BCUT2D eigenvalue weighted by atomic mass is 35.5. The molecule has 0 radical (unpaired) electrons. The molecule has 21 heavy (non-hydrogen) atoms. The van der Waals surface area contributed by atoms with Crippen LogP contribution in [0.5, 0.6) is 0 Å². The van der Waals surface area contributed by atoms with Gasteiger partial charge in [0.1, 0.15) is 0 Å². The number of ether oxygens (including phenoxy) is 2. The van der Waals surface area contributed by atoms with E-state index in [4.69, 9.17) is 21.1 Å². The van der Waals surface area contributed by atoms with Gasteiger partial charge >= 0.3 is 0 Å². The second kappa shape index (κ2) is 11.8.